The summed E-state index contributed by atoms with van der Waals surface area (Å²) in [6.07, 6.45) is 4.69. The molecule has 2 rings (SSSR count). The van der Waals surface area contributed by atoms with Crippen LogP contribution in [0.1, 0.15) is 24.5 Å². The molecule has 0 spiro atoms. The number of nitrogens with one attached hydrogen (secondary N) is 1. The van der Waals surface area contributed by atoms with Crippen molar-refractivity contribution in [1.29, 1.82) is 0 Å². The van der Waals surface area contributed by atoms with Crippen molar-refractivity contribution >= 4 is 23.5 Å². The second kappa shape index (κ2) is 4.47. The van der Waals surface area contributed by atoms with Crippen LogP contribution in [0.3, 0.4) is 0 Å². The minimum absolute atomic E-state index is 1.16. The Kier molecular flexibility index (Phi) is 3.28. The van der Waals surface area contributed by atoms with Crippen LogP contribution in [-0.2, 0) is 12.2 Å². The number of hydrogen-bond donors (Lipinski definition) is 1. The number of aromatic nitrogens is 1. The van der Waals surface area contributed by atoms with Crippen LogP contribution in [0.2, 0.25) is 0 Å². The normalized spacial score (nSPS) is 17.6. The summed E-state index contributed by atoms with van der Waals surface area (Å²) in [7, 11) is 0. The van der Waals surface area contributed by atoms with E-state index in [0.717, 1.165) is 6.42 Å². The fourth-order valence-corrected chi connectivity index (χ4v) is 3.90. The SMILES string of the molecule is CCc1c[nH]c2c1CSCCCS2. The predicted octanol–water partition coefficient (Wildman–Crippen LogP) is 3.31. The monoisotopic (exact) mass is 213 g/mol. The molecule has 72 valence electrons. The molecule has 3 heteroatoms. The Bertz CT molecular complexity index is 280. The highest BCUT2D eigenvalue weighted by Crippen LogP contribution is 2.31. The first-order valence-electron chi connectivity index (χ1n) is 4.81. The summed E-state index contributed by atoms with van der Waals surface area (Å²) in [6.45, 7) is 2.23. The quantitative estimate of drug-likeness (QED) is 0.770. The van der Waals surface area contributed by atoms with Gasteiger partial charge in [-0.1, -0.05) is 6.92 Å². The number of fused-ring (bicyclic) bond motifs is 1. The zero-order valence-electron chi connectivity index (χ0n) is 7.93. The third-order valence-corrected chi connectivity index (χ3v) is 4.56. The molecule has 0 unspecified atom stereocenters. The van der Waals surface area contributed by atoms with E-state index in [0.29, 0.717) is 0 Å². The van der Waals surface area contributed by atoms with E-state index in [9.17, 15) is 0 Å². The first-order valence-corrected chi connectivity index (χ1v) is 6.95. The molecule has 0 radical (unpaired) electrons. The topological polar surface area (TPSA) is 15.8 Å². The maximum Gasteiger partial charge on any atom is 0.0765 e. The average molecular weight is 213 g/mol. The van der Waals surface area contributed by atoms with Gasteiger partial charge in [-0.3, -0.25) is 0 Å². The minimum atomic E-state index is 1.16. The van der Waals surface area contributed by atoms with Crippen molar-refractivity contribution in [3.8, 4) is 0 Å². The van der Waals surface area contributed by atoms with E-state index >= 15 is 0 Å². The van der Waals surface area contributed by atoms with Crippen LogP contribution in [-0.4, -0.2) is 16.5 Å². The predicted molar refractivity (Wildman–Crippen MR) is 61.7 cm³/mol. The highest BCUT2D eigenvalue weighted by atomic mass is 32.2. The van der Waals surface area contributed by atoms with Crippen molar-refractivity contribution < 1.29 is 0 Å². The van der Waals surface area contributed by atoms with E-state index in [-0.39, 0.29) is 0 Å². The second-order valence-electron chi connectivity index (χ2n) is 3.23. The largest absolute Gasteiger partial charge is 0.356 e. The smallest absolute Gasteiger partial charge is 0.0765 e. The van der Waals surface area contributed by atoms with Gasteiger partial charge >= 0.3 is 0 Å². The lowest BCUT2D eigenvalue weighted by Crippen LogP contribution is -1.94. The van der Waals surface area contributed by atoms with Gasteiger partial charge in [0.25, 0.3) is 0 Å². The van der Waals surface area contributed by atoms with Gasteiger partial charge in [-0.05, 0) is 29.7 Å². The van der Waals surface area contributed by atoms with Crippen molar-refractivity contribution in [2.24, 2.45) is 0 Å². The van der Waals surface area contributed by atoms with E-state index in [1.807, 2.05) is 11.8 Å². The zero-order chi connectivity index (χ0) is 9.10. The Morgan fingerprint density at radius 2 is 2.38 bits per heavy atom. The van der Waals surface area contributed by atoms with E-state index in [4.69, 9.17) is 0 Å². The highest BCUT2D eigenvalue weighted by Gasteiger charge is 2.12. The van der Waals surface area contributed by atoms with Crippen LogP contribution < -0.4 is 0 Å². The summed E-state index contributed by atoms with van der Waals surface area (Å²) >= 11 is 4.06. The summed E-state index contributed by atoms with van der Waals surface area (Å²) in [5.74, 6) is 3.79. The minimum Gasteiger partial charge on any atom is -0.356 e. The Morgan fingerprint density at radius 3 is 3.23 bits per heavy atom. The van der Waals surface area contributed by atoms with Gasteiger partial charge in [-0.25, -0.2) is 0 Å². The lowest BCUT2D eigenvalue weighted by molar-refractivity contribution is 1.06. The molecule has 0 saturated carbocycles. The van der Waals surface area contributed by atoms with Gasteiger partial charge in [0.2, 0.25) is 0 Å². The molecule has 1 aliphatic rings. The Balaban J connectivity index is 2.25. The summed E-state index contributed by atoms with van der Waals surface area (Å²) in [5, 5.41) is 1.42. The molecule has 1 aliphatic heterocycles. The van der Waals surface area contributed by atoms with E-state index in [1.54, 1.807) is 5.56 Å². The van der Waals surface area contributed by atoms with Crippen molar-refractivity contribution in [2.45, 2.75) is 30.5 Å². The molecule has 1 nitrogen and oxygen atoms in total. The first-order chi connectivity index (χ1) is 6.42. The van der Waals surface area contributed by atoms with E-state index in [2.05, 4.69) is 29.9 Å². The van der Waals surface area contributed by atoms with Crippen molar-refractivity contribution in [2.75, 3.05) is 11.5 Å². The molecule has 0 bridgehead atoms. The summed E-state index contributed by atoms with van der Waals surface area (Å²) in [5.41, 5.74) is 3.08. The molecule has 0 fully saturated rings. The van der Waals surface area contributed by atoms with Crippen LogP contribution in [0, 0.1) is 0 Å². The molecule has 0 atom stereocenters. The van der Waals surface area contributed by atoms with Crippen molar-refractivity contribution in [3.05, 3.63) is 17.3 Å². The van der Waals surface area contributed by atoms with Gasteiger partial charge in [0.05, 0.1) is 5.03 Å². The standard InChI is InChI=1S/C10H15NS2/c1-2-8-6-11-10-9(8)7-12-4-3-5-13-10/h6,11H,2-5,7H2,1H3. The summed E-state index contributed by atoms with van der Waals surface area (Å²) in [4.78, 5) is 3.39. The van der Waals surface area contributed by atoms with Gasteiger partial charge in [0.15, 0.2) is 0 Å². The molecule has 0 aliphatic carbocycles. The van der Waals surface area contributed by atoms with E-state index in [1.165, 1.54) is 34.3 Å². The highest BCUT2D eigenvalue weighted by molar-refractivity contribution is 8.00. The number of hydrogen-bond acceptors (Lipinski definition) is 2. The van der Waals surface area contributed by atoms with Crippen LogP contribution >= 0.6 is 23.5 Å². The van der Waals surface area contributed by atoms with Gasteiger partial charge < -0.3 is 4.98 Å². The fraction of sp³-hybridized carbons (Fsp3) is 0.600. The first kappa shape index (κ1) is 9.53. The lowest BCUT2D eigenvalue weighted by atomic mass is 10.2. The van der Waals surface area contributed by atoms with Crippen LogP contribution in [0.25, 0.3) is 0 Å². The molecule has 1 aromatic rings. The number of thioether (sulfide) groups is 2. The lowest BCUT2D eigenvalue weighted by Gasteiger charge is -2.09. The Hall–Kier alpha value is -0.0200. The van der Waals surface area contributed by atoms with Crippen molar-refractivity contribution in [3.63, 3.8) is 0 Å². The summed E-state index contributed by atoms with van der Waals surface area (Å²) in [6, 6.07) is 0. The van der Waals surface area contributed by atoms with Gasteiger partial charge in [0, 0.05) is 17.7 Å². The van der Waals surface area contributed by atoms with Crippen LogP contribution in [0.5, 0.6) is 0 Å². The van der Waals surface area contributed by atoms with Crippen LogP contribution in [0.15, 0.2) is 11.2 Å². The molecular formula is C10H15NS2. The molecule has 0 saturated heterocycles. The maximum absolute atomic E-state index is 3.39. The second-order valence-corrected chi connectivity index (χ2v) is 5.44. The number of aryl methyl sites for hydroxylation is 1. The van der Waals surface area contributed by atoms with Crippen LogP contribution in [0.4, 0.5) is 0 Å². The number of aromatic amines is 1. The maximum atomic E-state index is 3.39. The third kappa shape index (κ3) is 2.08. The molecule has 2 heterocycles. The molecule has 0 aromatic carbocycles. The number of H-pyrrole nitrogens is 1. The zero-order valence-corrected chi connectivity index (χ0v) is 9.56. The Labute approximate surface area is 88.1 Å². The van der Waals surface area contributed by atoms with Gasteiger partial charge in [0.1, 0.15) is 0 Å². The average Bonchev–Trinajstić information content (AvgIpc) is 2.46. The summed E-state index contributed by atoms with van der Waals surface area (Å²) < 4.78 is 0. The van der Waals surface area contributed by atoms with E-state index < -0.39 is 0 Å². The molecule has 1 N–H and O–H groups in total. The fourth-order valence-electron chi connectivity index (χ4n) is 1.58. The molecule has 0 amide bonds. The van der Waals surface area contributed by atoms with Gasteiger partial charge in [-0.15, -0.1) is 11.8 Å². The Morgan fingerprint density at radius 1 is 1.46 bits per heavy atom. The van der Waals surface area contributed by atoms with Gasteiger partial charge in [-0.2, -0.15) is 11.8 Å². The number of rotatable bonds is 1. The molecule has 13 heavy (non-hydrogen) atoms. The molecular weight excluding hydrogens is 198 g/mol. The third-order valence-electron chi connectivity index (χ3n) is 2.35. The van der Waals surface area contributed by atoms with Crippen molar-refractivity contribution in [1.82, 2.24) is 4.98 Å². The molecule has 1 aromatic heterocycles.